The molecule has 3 aromatic carbocycles. The number of benzene rings is 3. The predicted molar refractivity (Wildman–Crippen MR) is 168 cm³/mol. The predicted octanol–water partition coefficient (Wildman–Crippen LogP) is 2.93. The van der Waals surface area contributed by atoms with Gasteiger partial charge in [-0.05, 0) is 42.7 Å². The molecule has 3 N–H and O–H groups in total. The molecule has 2 fully saturated rings. The fraction of sp³-hybridized carbons (Fsp3) is 0.281. The third kappa shape index (κ3) is 6.47. The molecular weight excluding hydrogens is 630 g/mol. The smallest absolute Gasteiger partial charge is 0.408 e. The van der Waals surface area contributed by atoms with Crippen molar-refractivity contribution >= 4 is 47.7 Å². The lowest BCUT2D eigenvalue weighted by Gasteiger charge is -2.50. The van der Waals surface area contributed by atoms with Gasteiger partial charge in [-0.25, -0.2) is 9.59 Å². The van der Waals surface area contributed by atoms with Crippen LogP contribution in [0.5, 0.6) is 0 Å². The Labute approximate surface area is 273 Å². The summed E-state index contributed by atoms with van der Waals surface area (Å²) in [4.78, 5) is 77.5. The van der Waals surface area contributed by atoms with Gasteiger partial charge in [0, 0.05) is 12.1 Å². The van der Waals surface area contributed by atoms with Gasteiger partial charge in [-0.1, -0.05) is 60.7 Å². The average molecular weight is 662 g/mol. The summed E-state index contributed by atoms with van der Waals surface area (Å²) in [6.45, 7) is 2.96. The maximum atomic E-state index is 14.2. The minimum atomic E-state index is -2.04. The van der Waals surface area contributed by atoms with Crippen molar-refractivity contribution in [2.24, 2.45) is 0 Å². The molecule has 0 saturated carbocycles. The van der Waals surface area contributed by atoms with Crippen LogP contribution in [0.1, 0.15) is 36.6 Å². The van der Waals surface area contributed by atoms with Crippen LogP contribution in [0.3, 0.4) is 0 Å². The van der Waals surface area contributed by atoms with Crippen LogP contribution in [0.2, 0.25) is 0 Å². The number of carbonyl (C=O) groups is 5. The Hall–Kier alpha value is -5.44. The Kier molecular flexibility index (Phi) is 9.46. The van der Waals surface area contributed by atoms with Gasteiger partial charge in [0.2, 0.25) is 18.0 Å². The Morgan fingerprint density at radius 1 is 0.957 bits per heavy atom. The number of nitrogens with zero attached hydrogens (tertiary/aromatic N) is 2. The van der Waals surface area contributed by atoms with Crippen molar-refractivity contribution in [1.29, 1.82) is 0 Å². The number of nitrogens with one attached hydrogen (secondary N) is 3. The van der Waals surface area contributed by atoms with Crippen LogP contribution in [-0.4, -0.2) is 61.9 Å². The van der Waals surface area contributed by atoms with E-state index in [0.29, 0.717) is 23.1 Å². The van der Waals surface area contributed by atoms with E-state index in [2.05, 4.69) is 16.0 Å². The van der Waals surface area contributed by atoms with Crippen molar-refractivity contribution < 1.29 is 38.4 Å². The number of carbonyl (C=O) groups excluding carboxylic acids is 5. The fourth-order valence-electron chi connectivity index (χ4n) is 5.50. The van der Waals surface area contributed by atoms with Gasteiger partial charge in [0.25, 0.3) is 11.6 Å². The van der Waals surface area contributed by atoms with E-state index in [9.17, 15) is 34.1 Å². The number of non-ortho nitro benzene ring substituents is 1. The van der Waals surface area contributed by atoms with E-state index in [-0.39, 0.29) is 18.9 Å². The minimum absolute atomic E-state index is 0.126. The number of nitro groups is 1. The van der Waals surface area contributed by atoms with Crippen LogP contribution in [0.4, 0.5) is 10.5 Å². The molecular formula is C32H31N5O9S. The summed E-state index contributed by atoms with van der Waals surface area (Å²) in [5.74, 6) is -2.34. The second-order valence-corrected chi connectivity index (χ2v) is 13.0. The summed E-state index contributed by atoms with van der Waals surface area (Å²) in [5.41, 5.74) is -0.668. The summed E-state index contributed by atoms with van der Waals surface area (Å²) < 4.78 is 9.85. The monoisotopic (exact) mass is 661 g/mol. The number of esters is 1. The molecule has 2 aliphatic heterocycles. The van der Waals surface area contributed by atoms with Gasteiger partial charge in [0.05, 0.1) is 9.67 Å². The van der Waals surface area contributed by atoms with Crippen molar-refractivity contribution in [3.63, 3.8) is 0 Å². The lowest BCUT2D eigenvalue weighted by atomic mass is 9.87. The molecule has 2 heterocycles. The molecule has 2 aliphatic rings. The molecule has 0 radical (unpaired) electrons. The molecule has 0 spiro atoms. The largest absolute Gasteiger partial charge is 0.458 e. The van der Waals surface area contributed by atoms with Gasteiger partial charge >= 0.3 is 12.1 Å². The molecule has 14 nitrogen and oxygen atoms in total. The van der Waals surface area contributed by atoms with E-state index in [0.717, 1.165) is 0 Å². The summed E-state index contributed by atoms with van der Waals surface area (Å²) >= 11 is 1.21. The van der Waals surface area contributed by atoms with Crippen molar-refractivity contribution in [2.45, 2.75) is 54.9 Å². The molecule has 3 aromatic rings. The molecule has 0 bridgehead atoms. The fourth-order valence-corrected chi connectivity index (χ4v) is 7.20. The molecule has 5 rings (SSSR count). The topological polar surface area (TPSA) is 186 Å². The molecule has 0 aliphatic carbocycles. The first-order valence-corrected chi connectivity index (χ1v) is 15.3. The van der Waals surface area contributed by atoms with E-state index in [4.69, 9.17) is 9.47 Å². The Morgan fingerprint density at radius 3 is 2.17 bits per heavy atom. The van der Waals surface area contributed by atoms with Gasteiger partial charge in [-0.2, -0.15) is 0 Å². The normalized spacial score (nSPS) is 21.3. The molecule has 1 unspecified atom stereocenters. The summed E-state index contributed by atoms with van der Waals surface area (Å²) in [6, 6.07) is 20.2. The van der Waals surface area contributed by atoms with Gasteiger partial charge < -0.3 is 25.4 Å². The number of rotatable bonds is 12. The van der Waals surface area contributed by atoms with Crippen LogP contribution in [-0.2, 0) is 41.9 Å². The number of hydrogen-bond donors (Lipinski definition) is 3. The number of fused-ring (bicyclic) bond motifs is 1. The Morgan fingerprint density at radius 2 is 1.55 bits per heavy atom. The van der Waals surface area contributed by atoms with E-state index in [1.54, 1.807) is 74.5 Å². The number of amides is 4. The zero-order valence-corrected chi connectivity index (χ0v) is 26.1. The van der Waals surface area contributed by atoms with Gasteiger partial charge in [-0.3, -0.25) is 29.4 Å². The third-order valence-corrected chi connectivity index (χ3v) is 9.53. The molecule has 4 atom stereocenters. The second-order valence-electron chi connectivity index (χ2n) is 11.2. The highest BCUT2D eigenvalue weighted by molar-refractivity contribution is 8.01. The first kappa shape index (κ1) is 32.9. The Bertz CT molecular complexity index is 1670. The summed E-state index contributed by atoms with van der Waals surface area (Å²) in [7, 11) is 0. The number of alkyl carbamates (subject to hydrolysis) is 1. The first-order valence-electron chi connectivity index (χ1n) is 14.4. The summed E-state index contributed by atoms with van der Waals surface area (Å²) in [5, 5.41) is 18.0. The number of nitro benzene ring substituents is 1. The highest BCUT2D eigenvalue weighted by Crippen LogP contribution is 2.56. The van der Waals surface area contributed by atoms with Gasteiger partial charge in [-0.15, -0.1) is 11.8 Å². The van der Waals surface area contributed by atoms with Gasteiger partial charge in [0.1, 0.15) is 30.7 Å². The van der Waals surface area contributed by atoms with E-state index in [1.165, 1.54) is 40.9 Å². The van der Waals surface area contributed by atoms with E-state index < -0.39 is 56.7 Å². The number of ether oxygens (including phenoxy) is 2. The van der Waals surface area contributed by atoms with Crippen molar-refractivity contribution in [2.75, 3.05) is 0 Å². The summed E-state index contributed by atoms with van der Waals surface area (Å²) in [6.07, 6.45) is -0.585. The first-order chi connectivity index (χ1) is 22.5. The van der Waals surface area contributed by atoms with Crippen LogP contribution in [0.15, 0.2) is 84.9 Å². The number of thioether (sulfide) groups is 1. The molecule has 0 aromatic heterocycles. The lowest BCUT2D eigenvalue weighted by molar-refractivity contribution is -0.384. The SMILES string of the molecule is CC1(C)S[C@@H]2[C@H](NC=O)C(=O)N2[C@@]1(NC(=O)C(NC(=O)OCc1ccc([N+](=O)[O-])cc1)c1ccccc1)C(=O)OCc1ccccc1. The van der Waals surface area contributed by atoms with Crippen LogP contribution in [0.25, 0.3) is 0 Å². The van der Waals surface area contributed by atoms with Crippen molar-refractivity contribution in [1.82, 2.24) is 20.9 Å². The minimum Gasteiger partial charge on any atom is -0.458 e. The molecule has 2 saturated heterocycles. The van der Waals surface area contributed by atoms with E-state index in [1.807, 2.05) is 0 Å². The molecule has 47 heavy (non-hydrogen) atoms. The number of hydrogen-bond acceptors (Lipinski definition) is 10. The average Bonchev–Trinajstić information content (AvgIpc) is 3.28. The van der Waals surface area contributed by atoms with Crippen molar-refractivity contribution in [3.8, 4) is 0 Å². The maximum absolute atomic E-state index is 14.2. The van der Waals surface area contributed by atoms with E-state index >= 15 is 0 Å². The molecule has 244 valence electrons. The van der Waals surface area contributed by atoms with Crippen LogP contribution >= 0.6 is 11.8 Å². The van der Waals surface area contributed by atoms with Crippen molar-refractivity contribution in [3.05, 3.63) is 112 Å². The third-order valence-electron chi connectivity index (χ3n) is 7.93. The molecule has 4 amide bonds. The van der Waals surface area contributed by atoms with Crippen LogP contribution in [0, 0.1) is 10.1 Å². The lowest BCUT2D eigenvalue weighted by Crippen LogP contribution is -2.80. The zero-order valence-electron chi connectivity index (χ0n) is 25.3. The molecule has 15 heteroatoms. The quantitative estimate of drug-likeness (QED) is 0.0857. The number of β-lactam (4-membered cyclic amide) rings is 1. The standard InChI is InChI=1S/C32H31N5O9S/c1-31(2)32(29(41)45-17-20-9-5-3-6-10-20,36-27(40)25(33-19-38)28(36)47-31)35-26(39)24(22-11-7-4-8-12-22)34-30(42)46-18-21-13-15-23(16-14-21)37(43)44/h3-16,19,24-25,28H,17-18H2,1-2H3,(H,33,38)(H,34,42)(H,35,39)/t24?,25-,28-,32+/m1/s1. The zero-order chi connectivity index (χ0) is 33.8. The highest BCUT2D eigenvalue weighted by atomic mass is 32.2. The van der Waals surface area contributed by atoms with Gasteiger partial charge in [0.15, 0.2) is 0 Å². The highest BCUT2D eigenvalue weighted by Gasteiger charge is 2.74. The maximum Gasteiger partial charge on any atom is 0.408 e. The Balaban J connectivity index is 1.42. The van der Waals surface area contributed by atoms with Crippen LogP contribution < -0.4 is 16.0 Å². The second kappa shape index (κ2) is 13.5.